The van der Waals surface area contributed by atoms with Gasteiger partial charge in [-0.3, -0.25) is 4.90 Å². The average molecular weight is 199 g/mol. The molecular weight excluding hydrogens is 186 g/mol. The second-order valence-corrected chi connectivity index (χ2v) is 3.67. The van der Waals surface area contributed by atoms with Gasteiger partial charge in [0.2, 0.25) is 0 Å². The molecule has 72 valence electrons. The highest BCUT2D eigenvalue weighted by molar-refractivity contribution is 7.14. The van der Waals surface area contributed by atoms with Crippen molar-refractivity contribution in [2.45, 2.75) is 19.8 Å². The summed E-state index contributed by atoms with van der Waals surface area (Å²) in [7, 11) is 0. The standard InChI is InChI=1S/C9H13NO2S/c1-2-3-6-10(9(11)12)8-5-4-7-13-8/h4-5,7H,2-3,6H2,1H3,(H,11,12). The molecule has 0 radical (unpaired) electrons. The van der Waals surface area contributed by atoms with Crippen molar-refractivity contribution >= 4 is 22.4 Å². The van der Waals surface area contributed by atoms with Gasteiger partial charge in [0.15, 0.2) is 0 Å². The number of carbonyl (C=O) groups is 1. The second kappa shape index (κ2) is 4.87. The van der Waals surface area contributed by atoms with Crippen molar-refractivity contribution in [3.8, 4) is 0 Å². The van der Waals surface area contributed by atoms with Crippen molar-refractivity contribution in [3.63, 3.8) is 0 Å². The molecule has 0 atom stereocenters. The van der Waals surface area contributed by atoms with Crippen LogP contribution in [0.3, 0.4) is 0 Å². The fourth-order valence-corrected chi connectivity index (χ4v) is 1.79. The van der Waals surface area contributed by atoms with Crippen molar-refractivity contribution in [1.29, 1.82) is 0 Å². The third-order valence-corrected chi connectivity index (χ3v) is 2.63. The van der Waals surface area contributed by atoms with Gasteiger partial charge in [-0.1, -0.05) is 13.3 Å². The molecule has 0 saturated carbocycles. The largest absolute Gasteiger partial charge is 0.465 e. The highest BCUT2D eigenvalue weighted by Crippen LogP contribution is 2.21. The third kappa shape index (κ3) is 2.73. The number of thiophene rings is 1. The highest BCUT2D eigenvalue weighted by Gasteiger charge is 2.13. The summed E-state index contributed by atoms with van der Waals surface area (Å²) >= 11 is 1.45. The topological polar surface area (TPSA) is 40.5 Å². The molecule has 0 aliphatic heterocycles. The molecule has 0 bridgehead atoms. The molecule has 4 heteroatoms. The molecular formula is C9H13NO2S. The molecule has 1 rings (SSSR count). The van der Waals surface area contributed by atoms with E-state index < -0.39 is 6.09 Å². The first kappa shape index (κ1) is 10.1. The van der Waals surface area contributed by atoms with E-state index in [2.05, 4.69) is 6.92 Å². The molecule has 0 unspecified atom stereocenters. The van der Waals surface area contributed by atoms with Crippen molar-refractivity contribution < 1.29 is 9.90 Å². The Balaban J connectivity index is 2.63. The molecule has 0 fully saturated rings. The van der Waals surface area contributed by atoms with Gasteiger partial charge in [0.1, 0.15) is 5.00 Å². The van der Waals surface area contributed by atoms with E-state index in [-0.39, 0.29) is 0 Å². The van der Waals surface area contributed by atoms with Crippen LogP contribution in [0, 0.1) is 0 Å². The maximum absolute atomic E-state index is 10.8. The van der Waals surface area contributed by atoms with Crippen molar-refractivity contribution in [2.24, 2.45) is 0 Å². The summed E-state index contributed by atoms with van der Waals surface area (Å²) in [4.78, 5) is 12.2. The Bertz CT molecular complexity index is 259. The Morgan fingerprint density at radius 1 is 1.69 bits per heavy atom. The molecule has 1 amide bonds. The lowest BCUT2D eigenvalue weighted by molar-refractivity contribution is 0.202. The van der Waals surface area contributed by atoms with Gasteiger partial charge in [-0.2, -0.15) is 0 Å². The molecule has 0 saturated heterocycles. The molecule has 0 aliphatic carbocycles. The van der Waals surface area contributed by atoms with Crippen LogP contribution in [0.2, 0.25) is 0 Å². The van der Waals surface area contributed by atoms with Crippen molar-refractivity contribution in [3.05, 3.63) is 17.5 Å². The SMILES string of the molecule is CCCCN(C(=O)O)c1cccs1. The van der Waals surface area contributed by atoms with E-state index in [0.717, 1.165) is 17.8 Å². The quantitative estimate of drug-likeness (QED) is 0.809. The van der Waals surface area contributed by atoms with Gasteiger partial charge in [0.25, 0.3) is 0 Å². The van der Waals surface area contributed by atoms with Crippen LogP contribution in [-0.4, -0.2) is 17.7 Å². The lowest BCUT2D eigenvalue weighted by atomic mass is 10.3. The lowest BCUT2D eigenvalue weighted by Crippen LogP contribution is -2.29. The first-order valence-corrected chi connectivity index (χ1v) is 5.17. The summed E-state index contributed by atoms with van der Waals surface area (Å²) in [6, 6.07) is 3.69. The van der Waals surface area contributed by atoms with Gasteiger partial charge in [-0.25, -0.2) is 4.79 Å². The third-order valence-electron chi connectivity index (χ3n) is 1.74. The highest BCUT2D eigenvalue weighted by atomic mass is 32.1. The number of unbranched alkanes of at least 4 members (excludes halogenated alkanes) is 1. The zero-order valence-corrected chi connectivity index (χ0v) is 8.38. The minimum absolute atomic E-state index is 0.590. The zero-order valence-electron chi connectivity index (χ0n) is 7.56. The van der Waals surface area contributed by atoms with Crippen LogP contribution in [0.25, 0.3) is 0 Å². The number of anilines is 1. The predicted octanol–water partition coefficient (Wildman–Crippen LogP) is 3.03. The maximum Gasteiger partial charge on any atom is 0.412 e. The van der Waals surface area contributed by atoms with Crippen LogP contribution in [-0.2, 0) is 0 Å². The molecule has 1 aromatic heterocycles. The Morgan fingerprint density at radius 3 is 2.92 bits per heavy atom. The van der Waals surface area contributed by atoms with Gasteiger partial charge in [0, 0.05) is 6.54 Å². The fourth-order valence-electron chi connectivity index (χ4n) is 1.04. The summed E-state index contributed by atoms with van der Waals surface area (Å²) in [5.74, 6) is 0. The van der Waals surface area contributed by atoms with E-state index in [1.54, 1.807) is 0 Å². The Labute approximate surface area is 81.6 Å². The van der Waals surface area contributed by atoms with Crippen LogP contribution >= 0.6 is 11.3 Å². The van der Waals surface area contributed by atoms with Crippen molar-refractivity contribution in [2.75, 3.05) is 11.4 Å². The number of nitrogens with zero attached hydrogens (tertiary/aromatic N) is 1. The van der Waals surface area contributed by atoms with Gasteiger partial charge in [-0.05, 0) is 23.9 Å². The monoisotopic (exact) mass is 199 g/mol. The number of amides is 1. The molecule has 0 aliphatic rings. The van der Waals surface area contributed by atoms with E-state index in [9.17, 15) is 4.79 Å². The molecule has 1 heterocycles. The molecule has 13 heavy (non-hydrogen) atoms. The summed E-state index contributed by atoms with van der Waals surface area (Å²) in [5.41, 5.74) is 0. The molecule has 3 nitrogen and oxygen atoms in total. The Morgan fingerprint density at radius 2 is 2.46 bits per heavy atom. The summed E-state index contributed by atoms with van der Waals surface area (Å²) in [6.07, 6.45) is 1.05. The number of hydrogen-bond donors (Lipinski definition) is 1. The fraction of sp³-hybridized carbons (Fsp3) is 0.444. The number of rotatable bonds is 4. The normalized spacial score (nSPS) is 9.92. The minimum atomic E-state index is -0.865. The van der Waals surface area contributed by atoms with Gasteiger partial charge < -0.3 is 5.11 Å². The van der Waals surface area contributed by atoms with Gasteiger partial charge >= 0.3 is 6.09 Å². The van der Waals surface area contributed by atoms with Crippen LogP contribution < -0.4 is 4.90 Å². The average Bonchev–Trinajstić information content (AvgIpc) is 2.57. The van der Waals surface area contributed by atoms with E-state index in [4.69, 9.17) is 5.11 Å². The molecule has 1 aromatic rings. The van der Waals surface area contributed by atoms with Crippen LogP contribution in [0.1, 0.15) is 19.8 Å². The number of carboxylic acid groups (broad SMARTS) is 1. The summed E-state index contributed by atoms with van der Waals surface area (Å²) in [5, 5.41) is 11.6. The van der Waals surface area contributed by atoms with Gasteiger partial charge in [0.05, 0.1) is 0 Å². The lowest BCUT2D eigenvalue weighted by Gasteiger charge is -2.16. The number of hydrogen-bond acceptors (Lipinski definition) is 2. The zero-order chi connectivity index (χ0) is 9.68. The first-order chi connectivity index (χ1) is 6.25. The maximum atomic E-state index is 10.8. The summed E-state index contributed by atoms with van der Waals surface area (Å²) < 4.78 is 0. The van der Waals surface area contributed by atoms with E-state index >= 15 is 0 Å². The minimum Gasteiger partial charge on any atom is -0.465 e. The van der Waals surface area contributed by atoms with Crippen LogP contribution in [0.5, 0.6) is 0 Å². The van der Waals surface area contributed by atoms with E-state index in [1.165, 1.54) is 16.2 Å². The smallest absolute Gasteiger partial charge is 0.412 e. The molecule has 0 aromatic carbocycles. The van der Waals surface area contributed by atoms with E-state index in [0.29, 0.717) is 6.54 Å². The van der Waals surface area contributed by atoms with Crippen molar-refractivity contribution in [1.82, 2.24) is 0 Å². The van der Waals surface area contributed by atoms with Crippen LogP contribution in [0.4, 0.5) is 9.80 Å². The second-order valence-electron chi connectivity index (χ2n) is 2.74. The molecule has 0 spiro atoms. The van der Waals surface area contributed by atoms with Crippen LogP contribution in [0.15, 0.2) is 17.5 Å². The Hall–Kier alpha value is -1.03. The van der Waals surface area contributed by atoms with E-state index in [1.807, 2.05) is 17.5 Å². The molecule has 1 N–H and O–H groups in total. The summed E-state index contributed by atoms with van der Waals surface area (Å²) in [6.45, 7) is 2.64. The first-order valence-electron chi connectivity index (χ1n) is 4.29. The Kier molecular flexibility index (Phi) is 3.76. The predicted molar refractivity (Wildman–Crippen MR) is 54.6 cm³/mol. The van der Waals surface area contributed by atoms with Gasteiger partial charge in [-0.15, -0.1) is 11.3 Å².